The summed E-state index contributed by atoms with van der Waals surface area (Å²) in [6.45, 7) is 1.91. The van der Waals surface area contributed by atoms with E-state index in [1.165, 1.54) is 0 Å². The predicted molar refractivity (Wildman–Crippen MR) is 282 cm³/mol. The van der Waals surface area contributed by atoms with Crippen LogP contribution in [0.25, 0.3) is 10.9 Å². The van der Waals surface area contributed by atoms with Crippen LogP contribution in [0.3, 0.4) is 0 Å². The number of nitrogens with zero attached hydrogens (tertiary/aromatic N) is 1. The van der Waals surface area contributed by atoms with E-state index in [-0.39, 0.29) is 89.2 Å². The number of benzene rings is 3. The number of nitrogens with two attached hydrogens (primary N) is 3. The molecule has 2 fully saturated rings. The summed E-state index contributed by atoms with van der Waals surface area (Å²) in [4.78, 5) is 120. The van der Waals surface area contributed by atoms with Gasteiger partial charge in [-0.2, -0.15) is 0 Å². The Labute approximate surface area is 436 Å². The van der Waals surface area contributed by atoms with Crippen molar-refractivity contribution in [3.05, 3.63) is 102 Å². The topological polar surface area (TPSA) is 336 Å². The lowest BCUT2D eigenvalue weighted by Gasteiger charge is -2.41. The first-order valence-corrected chi connectivity index (χ1v) is 25.8. The second kappa shape index (κ2) is 27.4. The van der Waals surface area contributed by atoms with E-state index in [1.54, 1.807) is 50.6 Å². The molecule has 8 amide bonds. The molecule has 402 valence electrons. The Hall–Kier alpha value is -7.97. The van der Waals surface area contributed by atoms with Gasteiger partial charge in [-0.1, -0.05) is 67.6 Å². The number of hydrogen-bond donors (Lipinski definition) is 11. The van der Waals surface area contributed by atoms with E-state index in [1.807, 2.05) is 48.5 Å². The monoisotopic (exact) mass is 1030 g/mol. The van der Waals surface area contributed by atoms with Crippen LogP contribution in [-0.4, -0.2) is 114 Å². The van der Waals surface area contributed by atoms with Gasteiger partial charge in [0.05, 0.1) is 7.11 Å². The molecule has 2 aliphatic rings. The maximum atomic E-state index is 15.2. The summed E-state index contributed by atoms with van der Waals surface area (Å²) < 4.78 is 5.37. The summed E-state index contributed by atoms with van der Waals surface area (Å²) >= 11 is 0. The number of methoxy groups -OCH3 is 1. The van der Waals surface area contributed by atoms with Crippen LogP contribution in [0.2, 0.25) is 0 Å². The van der Waals surface area contributed by atoms with Gasteiger partial charge in [-0.3, -0.25) is 43.3 Å². The summed E-state index contributed by atoms with van der Waals surface area (Å²) in [5, 5.41) is 20.7. The Morgan fingerprint density at radius 1 is 0.747 bits per heavy atom. The molecule has 1 spiro atoms. The molecule has 0 unspecified atom stereocenters. The molecule has 1 aromatic heterocycles. The molecule has 21 nitrogen and oxygen atoms in total. The highest BCUT2D eigenvalue weighted by molar-refractivity contribution is 5.99. The number of ether oxygens (including phenoxy) is 1. The zero-order valence-corrected chi connectivity index (χ0v) is 42.7. The van der Waals surface area contributed by atoms with Crippen LogP contribution < -0.4 is 59.2 Å². The van der Waals surface area contributed by atoms with Gasteiger partial charge in [0.25, 0.3) is 0 Å². The first-order chi connectivity index (χ1) is 36.1. The standard InChI is InChI=1S/C54H72N12O9/c1-3-45(67)61-42-22-23-46(68)58-28-10-9-16-40(47(55)69)62-50(72)44(31-36-32-60-39-15-8-7-14-38(36)39)64-48(70)41(17-11-29-59-53(56)57)63-49(71)43(30-33-12-5-4-6-13-33)65-52(74)54(66-51(42)73)26-24-35(25-27-54)34-18-20-37(75-2)21-19-34/h4-8,12-15,18-21,32,35,40-44,60H,3,9-11,16-17,22-31H2,1-2H3,(H2,55,69)(H,58,68)(H,61,67)(H,62,72)(H,63,71)(H,64,70)(H,65,74)(H,66,73)(H4,56,57,59)/t35?,40-,41-,42-,43-,44-,54?/m0/s1. The number of rotatable bonds is 13. The van der Waals surface area contributed by atoms with Crippen LogP contribution in [0.5, 0.6) is 5.75 Å². The molecule has 6 rings (SSSR count). The number of hydrogen-bond acceptors (Lipinski definition) is 10. The van der Waals surface area contributed by atoms with E-state index in [2.05, 4.69) is 47.2 Å². The van der Waals surface area contributed by atoms with Gasteiger partial charge in [0.1, 0.15) is 41.5 Å². The maximum Gasteiger partial charge on any atom is 0.246 e. The van der Waals surface area contributed by atoms with Gasteiger partial charge in [-0.15, -0.1) is 0 Å². The minimum Gasteiger partial charge on any atom is -0.497 e. The zero-order valence-electron chi connectivity index (χ0n) is 42.7. The lowest BCUT2D eigenvalue weighted by atomic mass is 9.73. The van der Waals surface area contributed by atoms with Crippen molar-refractivity contribution in [1.29, 1.82) is 0 Å². The number of aromatic nitrogens is 1. The molecule has 1 aliphatic carbocycles. The van der Waals surface area contributed by atoms with E-state index >= 15 is 4.79 Å². The highest BCUT2D eigenvalue weighted by Gasteiger charge is 2.46. The second-order valence-electron chi connectivity index (χ2n) is 19.3. The number of aliphatic imine (C=N–C) groups is 1. The van der Waals surface area contributed by atoms with Gasteiger partial charge in [0, 0.05) is 55.9 Å². The van der Waals surface area contributed by atoms with Crippen molar-refractivity contribution in [2.24, 2.45) is 22.2 Å². The Kier molecular flexibility index (Phi) is 20.5. The SMILES string of the molecule is CCC(=O)N[C@H]1CCC(=O)NCCCC[C@@H](C(N)=O)NC(=O)[C@H](Cc2c[nH]c3ccccc23)NC(=O)[C@H](CCCN=C(N)N)NC(=O)[C@H](Cc2ccccc2)NC(=O)C2(CCC(c3ccc(OC)cc3)CC2)NC1=O. The second-order valence-corrected chi connectivity index (χ2v) is 19.3. The quantitative estimate of drug-likeness (QED) is 0.0519. The smallest absolute Gasteiger partial charge is 0.246 e. The Morgan fingerprint density at radius 2 is 1.41 bits per heavy atom. The number of aromatic amines is 1. The van der Waals surface area contributed by atoms with Crippen molar-refractivity contribution in [2.45, 2.75) is 138 Å². The van der Waals surface area contributed by atoms with Crippen molar-refractivity contribution in [3.8, 4) is 5.75 Å². The van der Waals surface area contributed by atoms with Gasteiger partial charge in [-0.05, 0) is 105 Å². The van der Waals surface area contributed by atoms with E-state index in [0.717, 1.165) is 16.5 Å². The van der Waals surface area contributed by atoms with E-state index in [4.69, 9.17) is 21.9 Å². The average Bonchev–Trinajstić information content (AvgIpc) is 3.82. The van der Waals surface area contributed by atoms with Crippen molar-refractivity contribution in [2.75, 3.05) is 20.2 Å². The van der Waals surface area contributed by atoms with E-state index < -0.39 is 83.0 Å². The fourth-order valence-corrected chi connectivity index (χ4v) is 9.64. The first kappa shape index (κ1) is 56.3. The number of guanidine groups is 1. The molecule has 2 heterocycles. The lowest BCUT2D eigenvalue weighted by molar-refractivity contribution is -0.139. The molecule has 14 N–H and O–H groups in total. The van der Waals surface area contributed by atoms with Gasteiger partial charge in [-0.25, -0.2) is 0 Å². The van der Waals surface area contributed by atoms with Crippen LogP contribution in [0.15, 0.2) is 90.1 Å². The van der Waals surface area contributed by atoms with Crippen molar-refractivity contribution < 1.29 is 43.1 Å². The van der Waals surface area contributed by atoms with Crippen molar-refractivity contribution in [1.82, 2.24) is 42.2 Å². The number of fused-ring (bicyclic) bond motifs is 1. The molecule has 3 aromatic carbocycles. The molecule has 0 radical (unpaired) electrons. The number of amides is 8. The third-order valence-electron chi connectivity index (χ3n) is 14.0. The number of primary amides is 1. The van der Waals surface area contributed by atoms with Crippen LogP contribution >= 0.6 is 0 Å². The van der Waals surface area contributed by atoms with Gasteiger partial charge >= 0.3 is 0 Å². The summed E-state index contributed by atoms with van der Waals surface area (Å²) in [6, 6.07) is 17.7. The zero-order chi connectivity index (χ0) is 53.9. The fourth-order valence-electron chi connectivity index (χ4n) is 9.64. The summed E-state index contributed by atoms with van der Waals surface area (Å²) in [7, 11) is 1.58. The normalized spacial score (nSPS) is 24.0. The largest absolute Gasteiger partial charge is 0.497 e. The van der Waals surface area contributed by atoms with Gasteiger partial charge in [0.15, 0.2) is 5.96 Å². The minimum absolute atomic E-state index is 0.00134. The Bertz CT molecular complexity index is 2650. The fraction of sp³-hybridized carbons (Fsp3) is 0.463. The third kappa shape index (κ3) is 16.3. The van der Waals surface area contributed by atoms with Gasteiger partial charge < -0.3 is 64.1 Å². The maximum absolute atomic E-state index is 15.2. The number of H-pyrrole nitrogens is 1. The molecule has 1 saturated heterocycles. The molecular weight excluding hydrogens is 961 g/mol. The Balaban J connectivity index is 1.38. The number of para-hydroxylation sites is 1. The molecular formula is C54H72N12O9. The number of carbonyl (C=O) groups is 8. The van der Waals surface area contributed by atoms with E-state index in [0.29, 0.717) is 42.6 Å². The third-order valence-corrected chi connectivity index (χ3v) is 14.0. The Morgan fingerprint density at radius 3 is 2.11 bits per heavy atom. The van der Waals surface area contributed by atoms with Crippen LogP contribution in [0.4, 0.5) is 0 Å². The molecule has 75 heavy (non-hydrogen) atoms. The number of carbonyl (C=O) groups excluding carboxylic acids is 8. The van der Waals surface area contributed by atoms with Crippen LogP contribution in [0, 0.1) is 0 Å². The molecule has 21 heteroatoms. The summed E-state index contributed by atoms with van der Waals surface area (Å²) in [6.07, 6.45) is 3.67. The average molecular weight is 1030 g/mol. The highest BCUT2D eigenvalue weighted by atomic mass is 16.5. The molecule has 5 atom stereocenters. The number of nitrogens with one attached hydrogen (secondary N) is 8. The van der Waals surface area contributed by atoms with E-state index in [9.17, 15) is 33.6 Å². The van der Waals surface area contributed by atoms with Crippen LogP contribution in [-0.2, 0) is 51.2 Å². The molecule has 1 aliphatic heterocycles. The molecule has 1 saturated carbocycles. The van der Waals surface area contributed by atoms with Crippen molar-refractivity contribution >= 4 is 64.1 Å². The summed E-state index contributed by atoms with van der Waals surface area (Å²) in [5.41, 5.74) is 18.6. The first-order valence-electron chi connectivity index (χ1n) is 25.8. The van der Waals surface area contributed by atoms with Crippen LogP contribution in [0.1, 0.15) is 107 Å². The summed E-state index contributed by atoms with van der Waals surface area (Å²) in [5.74, 6) is -4.70. The molecule has 4 aromatic rings. The minimum atomic E-state index is -1.59. The van der Waals surface area contributed by atoms with Gasteiger partial charge in [0.2, 0.25) is 47.3 Å². The predicted octanol–water partition coefficient (Wildman–Crippen LogP) is 1.63. The molecule has 0 bridgehead atoms. The highest BCUT2D eigenvalue weighted by Crippen LogP contribution is 2.39. The van der Waals surface area contributed by atoms with Crippen molar-refractivity contribution in [3.63, 3.8) is 0 Å². The lowest BCUT2D eigenvalue weighted by Crippen LogP contribution is -2.66.